The van der Waals surface area contributed by atoms with Crippen molar-refractivity contribution in [2.75, 3.05) is 11.9 Å². The molecule has 5 nitrogen and oxygen atoms in total. The number of halogens is 1. The second-order valence-electron chi connectivity index (χ2n) is 7.85. The zero-order valence-electron chi connectivity index (χ0n) is 19.3. The van der Waals surface area contributed by atoms with E-state index >= 15 is 0 Å². The molecule has 0 unspecified atom stereocenters. The quantitative estimate of drug-likeness (QED) is 0.281. The third-order valence-corrected chi connectivity index (χ3v) is 6.38. The van der Waals surface area contributed by atoms with Crippen LogP contribution < -0.4 is 5.32 Å². The van der Waals surface area contributed by atoms with Crippen molar-refractivity contribution in [3.63, 3.8) is 0 Å². The Morgan fingerprint density at radius 3 is 2.73 bits per heavy atom. The van der Waals surface area contributed by atoms with Crippen molar-refractivity contribution in [1.82, 2.24) is 19.9 Å². The fourth-order valence-electron chi connectivity index (χ4n) is 3.78. The maximum Gasteiger partial charge on any atom is 0.163 e. The summed E-state index contributed by atoms with van der Waals surface area (Å²) in [5.41, 5.74) is 5.07. The molecule has 7 heteroatoms. The number of rotatable bonds is 6. The van der Waals surface area contributed by atoms with Gasteiger partial charge in [0.15, 0.2) is 5.82 Å². The summed E-state index contributed by atoms with van der Waals surface area (Å²) in [6.45, 7) is 9.03. The number of anilines is 1. The first-order chi connectivity index (χ1) is 16.1. The molecule has 0 atom stereocenters. The average Bonchev–Trinajstić information content (AvgIpc) is 3.45. The van der Waals surface area contributed by atoms with Crippen LogP contribution in [-0.2, 0) is 6.42 Å². The van der Waals surface area contributed by atoms with Crippen LogP contribution >= 0.6 is 11.3 Å². The van der Waals surface area contributed by atoms with Gasteiger partial charge < -0.3 is 10.3 Å². The van der Waals surface area contributed by atoms with Crippen molar-refractivity contribution in [2.45, 2.75) is 40.0 Å². The SMILES string of the molecule is CC.CC(C)c1csc2c(NCCc3c[nH]c4ccccc34)nc(-c3cncc(F)c3)nc12. The Balaban J connectivity index is 0.00000126. The number of benzene rings is 1. The molecule has 0 aliphatic heterocycles. The van der Waals surface area contributed by atoms with Gasteiger partial charge in [0, 0.05) is 35.4 Å². The Labute approximate surface area is 197 Å². The average molecular weight is 462 g/mol. The second kappa shape index (κ2) is 10.1. The van der Waals surface area contributed by atoms with E-state index in [-0.39, 0.29) is 0 Å². The Morgan fingerprint density at radius 1 is 1.12 bits per heavy atom. The largest absolute Gasteiger partial charge is 0.368 e. The van der Waals surface area contributed by atoms with Crippen LogP contribution in [0.25, 0.3) is 32.5 Å². The lowest BCUT2D eigenvalue weighted by atomic mass is 10.1. The molecule has 4 aromatic heterocycles. The summed E-state index contributed by atoms with van der Waals surface area (Å²) in [5, 5.41) is 6.88. The molecule has 4 heterocycles. The molecule has 0 saturated heterocycles. The first kappa shape index (κ1) is 22.9. The van der Waals surface area contributed by atoms with E-state index in [9.17, 15) is 4.39 Å². The summed E-state index contributed by atoms with van der Waals surface area (Å²) in [4.78, 5) is 16.8. The fourth-order valence-corrected chi connectivity index (χ4v) is 4.92. The van der Waals surface area contributed by atoms with E-state index in [0.29, 0.717) is 17.3 Å². The number of fused-ring (bicyclic) bond motifs is 2. The molecule has 0 aliphatic rings. The summed E-state index contributed by atoms with van der Waals surface area (Å²) in [5.74, 6) is 1.20. The number of aromatic nitrogens is 4. The minimum Gasteiger partial charge on any atom is -0.368 e. The molecule has 0 fully saturated rings. The smallest absolute Gasteiger partial charge is 0.163 e. The van der Waals surface area contributed by atoms with Crippen LogP contribution in [0.2, 0.25) is 0 Å². The number of nitrogens with one attached hydrogen (secondary N) is 2. The predicted molar refractivity (Wildman–Crippen MR) is 137 cm³/mol. The number of aromatic amines is 1. The number of thiophene rings is 1. The molecule has 33 heavy (non-hydrogen) atoms. The van der Waals surface area contributed by atoms with E-state index in [1.54, 1.807) is 17.5 Å². The minimum absolute atomic E-state index is 0.334. The molecule has 0 amide bonds. The highest BCUT2D eigenvalue weighted by Gasteiger charge is 2.17. The lowest BCUT2D eigenvalue weighted by Gasteiger charge is -2.10. The molecule has 1 aromatic carbocycles. The Hall–Kier alpha value is -3.32. The number of H-pyrrole nitrogens is 1. The standard InChI is InChI=1S/C24H22FN5S.C2H6/c1-14(2)19-13-31-22-21(19)29-23(16-9-17(25)12-26-10-16)30-24(22)27-8-7-15-11-28-20-6-4-3-5-18(15)20;1-2/h3-6,9-14,28H,7-8H2,1-2H3,(H,27,29,30);1-2H3. The third-order valence-electron chi connectivity index (χ3n) is 5.39. The first-order valence-electron chi connectivity index (χ1n) is 11.3. The van der Waals surface area contributed by atoms with E-state index in [1.807, 2.05) is 19.9 Å². The Kier molecular flexibility index (Phi) is 6.99. The Morgan fingerprint density at radius 2 is 1.94 bits per heavy atom. The number of para-hydroxylation sites is 1. The minimum atomic E-state index is -0.399. The van der Waals surface area contributed by atoms with Crippen molar-refractivity contribution in [2.24, 2.45) is 0 Å². The molecule has 5 aromatic rings. The van der Waals surface area contributed by atoms with E-state index in [1.165, 1.54) is 28.8 Å². The van der Waals surface area contributed by atoms with Crippen LogP contribution in [0.5, 0.6) is 0 Å². The molecule has 0 saturated carbocycles. The zero-order chi connectivity index (χ0) is 23.4. The van der Waals surface area contributed by atoms with E-state index in [2.05, 4.69) is 58.9 Å². The van der Waals surface area contributed by atoms with Gasteiger partial charge in [-0.25, -0.2) is 14.4 Å². The van der Waals surface area contributed by atoms with Crippen LogP contribution in [0.3, 0.4) is 0 Å². The van der Waals surface area contributed by atoms with Crippen molar-refractivity contribution in [3.05, 3.63) is 71.2 Å². The van der Waals surface area contributed by atoms with Gasteiger partial charge in [-0.15, -0.1) is 11.3 Å². The van der Waals surface area contributed by atoms with E-state index < -0.39 is 5.82 Å². The fraction of sp³-hybridized carbons (Fsp3) is 0.269. The van der Waals surface area contributed by atoms with Crippen LogP contribution in [0.15, 0.2) is 54.3 Å². The highest BCUT2D eigenvalue weighted by Crippen LogP contribution is 2.35. The maximum absolute atomic E-state index is 13.8. The highest BCUT2D eigenvalue weighted by atomic mass is 32.1. The highest BCUT2D eigenvalue weighted by molar-refractivity contribution is 7.18. The lowest BCUT2D eigenvalue weighted by molar-refractivity contribution is 0.622. The molecule has 170 valence electrons. The molecule has 0 spiro atoms. The summed E-state index contributed by atoms with van der Waals surface area (Å²) in [7, 11) is 0. The zero-order valence-corrected chi connectivity index (χ0v) is 20.1. The van der Waals surface area contributed by atoms with Gasteiger partial charge in [-0.1, -0.05) is 45.9 Å². The Bertz CT molecular complexity index is 1370. The number of nitrogens with zero attached hydrogens (tertiary/aromatic N) is 3. The molecule has 5 rings (SSSR count). The summed E-state index contributed by atoms with van der Waals surface area (Å²) < 4.78 is 14.8. The summed E-state index contributed by atoms with van der Waals surface area (Å²) >= 11 is 1.64. The van der Waals surface area contributed by atoms with Gasteiger partial charge in [0.1, 0.15) is 11.6 Å². The maximum atomic E-state index is 13.8. The van der Waals surface area contributed by atoms with Gasteiger partial charge in [0.25, 0.3) is 0 Å². The number of pyridine rings is 1. The molecular formula is C26H28FN5S. The van der Waals surface area contributed by atoms with Crippen molar-refractivity contribution in [3.8, 4) is 11.4 Å². The van der Waals surface area contributed by atoms with Gasteiger partial charge in [0.2, 0.25) is 0 Å². The second-order valence-corrected chi connectivity index (χ2v) is 8.73. The van der Waals surface area contributed by atoms with Gasteiger partial charge in [0.05, 0.1) is 16.4 Å². The van der Waals surface area contributed by atoms with Gasteiger partial charge >= 0.3 is 0 Å². The normalized spacial score (nSPS) is 11.1. The molecule has 0 aliphatic carbocycles. The van der Waals surface area contributed by atoms with E-state index in [4.69, 9.17) is 9.97 Å². The summed E-state index contributed by atoms with van der Waals surface area (Å²) in [6, 6.07) is 9.72. The van der Waals surface area contributed by atoms with Crippen molar-refractivity contribution < 1.29 is 4.39 Å². The van der Waals surface area contributed by atoms with Crippen molar-refractivity contribution in [1.29, 1.82) is 0 Å². The van der Waals surface area contributed by atoms with E-state index in [0.717, 1.165) is 34.5 Å². The monoisotopic (exact) mass is 461 g/mol. The van der Waals surface area contributed by atoms with Crippen LogP contribution in [0.1, 0.15) is 44.7 Å². The lowest BCUT2D eigenvalue weighted by Crippen LogP contribution is -2.07. The van der Waals surface area contributed by atoms with Crippen LogP contribution in [0, 0.1) is 5.82 Å². The van der Waals surface area contributed by atoms with Crippen molar-refractivity contribution >= 4 is 38.3 Å². The van der Waals surface area contributed by atoms with Gasteiger partial charge in [-0.2, -0.15) is 0 Å². The summed E-state index contributed by atoms with van der Waals surface area (Å²) in [6.07, 6.45) is 5.70. The third kappa shape index (κ3) is 4.73. The van der Waals surface area contributed by atoms with Crippen LogP contribution in [-0.4, -0.2) is 26.5 Å². The molecular weight excluding hydrogens is 433 g/mol. The van der Waals surface area contributed by atoms with Crippen LogP contribution in [0.4, 0.5) is 10.2 Å². The molecule has 0 bridgehead atoms. The molecule has 0 radical (unpaired) electrons. The molecule has 2 N–H and O–H groups in total. The van der Waals surface area contributed by atoms with Gasteiger partial charge in [-0.3, -0.25) is 4.98 Å². The van der Waals surface area contributed by atoms with Gasteiger partial charge in [-0.05, 0) is 41.0 Å². The number of hydrogen-bond donors (Lipinski definition) is 2. The number of hydrogen-bond acceptors (Lipinski definition) is 5. The topological polar surface area (TPSA) is 66.5 Å². The first-order valence-corrected chi connectivity index (χ1v) is 12.2. The predicted octanol–water partition coefficient (Wildman–Crippen LogP) is 7.18.